The Morgan fingerprint density at radius 2 is 2.00 bits per heavy atom. The van der Waals surface area contributed by atoms with Gasteiger partial charge in [0, 0.05) is 13.6 Å². The monoisotopic (exact) mass is 269 g/mol. The number of aromatic nitrogens is 3. The number of carbonyl (C=O) groups excluding carboxylic acids is 1. The minimum atomic E-state index is -1.02. The molecule has 0 bridgehead atoms. The van der Waals surface area contributed by atoms with Crippen LogP contribution in [0.3, 0.4) is 0 Å². The highest BCUT2D eigenvalue weighted by Gasteiger charge is 2.16. The number of carboxylic acids is 1. The second-order valence-corrected chi connectivity index (χ2v) is 4.58. The lowest BCUT2D eigenvalue weighted by Gasteiger charge is -2.17. The Bertz CT molecular complexity index is 443. The van der Waals surface area contributed by atoms with Crippen molar-refractivity contribution in [3.8, 4) is 0 Å². The molecule has 0 unspecified atom stereocenters. The Hall–Kier alpha value is -1.96. The first-order valence-electron chi connectivity index (χ1n) is 5.92. The van der Waals surface area contributed by atoms with Crippen LogP contribution >= 0.6 is 0 Å². The largest absolute Gasteiger partial charge is 0.480 e. The Labute approximate surface area is 111 Å². The molecule has 0 saturated carbocycles. The topological polar surface area (TPSA) is 91.6 Å². The van der Waals surface area contributed by atoms with E-state index in [-0.39, 0.29) is 18.1 Å². The third kappa shape index (κ3) is 5.04. The van der Waals surface area contributed by atoms with Crippen LogP contribution in [0.2, 0.25) is 0 Å². The van der Waals surface area contributed by atoms with Gasteiger partial charge in [0.15, 0.2) is 5.69 Å². The number of rotatable bonds is 7. The highest BCUT2D eigenvalue weighted by molar-refractivity contribution is 5.91. The highest BCUT2D eigenvalue weighted by atomic mass is 16.4. The zero-order valence-corrected chi connectivity index (χ0v) is 11.4. The average Bonchev–Trinajstić information content (AvgIpc) is 2.74. The molecule has 0 fully saturated rings. The molecule has 0 radical (unpaired) electrons. The summed E-state index contributed by atoms with van der Waals surface area (Å²) in [5, 5.41) is 15.9. The lowest BCUT2D eigenvalue weighted by molar-refractivity contribution is -0.137. The molecule has 0 aromatic carbocycles. The Balaban J connectivity index is 2.52. The van der Waals surface area contributed by atoms with Gasteiger partial charge in [-0.3, -0.25) is 9.59 Å². The summed E-state index contributed by atoms with van der Waals surface area (Å²) in [5.41, 5.74) is 0.161. The standard InChI is InChI=1S/C11H19N5O3/c1-14(2)5-4-6-15(3)11(19)9-7-16(13-12-9)8-10(17)18/h7H,4-6,8H2,1-3H3,(H,17,18). The summed E-state index contributed by atoms with van der Waals surface area (Å²) < 4.78 is 1.13. The maximum atomic E-state index is 12.0. The number of carboxylic acid groups (broad SMARTS) is 1. The number of hydrogen-bond acceptors (Lipinski definition) is 5. The molecule has 1 heterocycles. The zero-order chi connectivity index (χ0) is 14.4. The van der Waals surface area contributed by atoms with Crippen molar-refractivity contribution in [1.82, 2.24) is 24.8 Å². The fourth-order valence-corrected chi connectivity index (χ4v) is 1.53. The average molecular weight is 269 g/mol. The van der Waals surface area contributed by atoms with E-state index in [1.165, 1.54) is 6.20 Å². The third-order valence-electron chi connectivity index (χ3n) is 2.50. The van der Waals surface area contributed by atoms with E-state index in [0.29, 0.717) is 6.54 Å². The highest BCUT2D eigenvalue weighted by Crippen LogP contribution is 2.00. The zero-order valence-electron chi connectivity index (χ0n) is 11.4. The van der Waals surface area contributed by atoms with Crippen LogP contribution in [0.1, 0.15) is 16.9 Å². The molecule has 1 rings (SSSR count). The first-order valence-corrected chi connectivity index (χ1v) is 5.92. The van der Waals surface area contributed by atoms with E-state index in [9.17, 15) is 9.59 Å². The number of carbonyl (C=O) groups is 2. The summed E-state index contributed by atoms with van der Waals surface area (Å²) in [6.07, 6.45) is 2.21. The molecule has 0 atom stereocenters. The van der Waals surface area contributed by atoms with Crippen LogP contribution < -0.4 is 0 Å². The maximum absolute atomic E-state index is 12.0. The van der Waals surface area contributed by atoms with Crippen LogP contribution in [0.5, 0.6) is 0 Å². The normalized spacial score (nSPS) is 10.7. The molecule has 8 nitrogen and oxygen atoms in total. The van der Waals surface area contributed by atoms with Gasteiger partial charge in [0.05, 0.1) is 6.20 Å². The van der Waals surface area contributed by atoms with Crippen LogP contribution in [0, 0.1) is 0 Å². The van der Waals surface area contributed by atoms with Crippen LogP contribution in [-0.2, 0) is 11.3 Å². The smallest absolute Gasteiger partial charge is 0.325 e. The summed E-state index contributed by atoms with van der Waals surface area (Å²) in [4.78, 5) is 26.1. The first kappa shape index (κ1) is 15.1. The van der Waals surface area contributed by atoms with Crippen molar-refractivity contribution in [3.05, 3.63) is 11.9 Å². The lowest BCUT2D eigenvalue weighted by atomic mass is 10.3. The lowest BCUT2D eigenvalue weighted by Crippen LogP contribution is -2.30. The Morgan fingerprint density at radius 1 is 1.32 bits per heavy atom. The van der Waals surface area contributed by atoms with Crippen LogP contribution in [0.25, 0.3) is 0 Å². The quantitative estimate of drug-likeness (QED) is 0.709. The van der Waals surface area contributed by atoms with Gasteiger partial charge in [-0.1, -0.05) is 5.21 Å². The molecule has 8 heteroatoms. The molecule has 0 spiro atoms. The second-order valence-electron chi connectivity index (χ2n) is 4.58. The molecular formula is C11H19N5O3. The number of nitrogens with zero attached hydrogens (tertiary/aromatic N) is 5. The molecule has 106 valence electrons. The summed E-state index contributed by atoms with van der Waals surface area (Å²) >= 11 is 0. The fraction of sp³-hybridized carbons (Fsp3) is 0.636. The van der Waals surface area contributed by atoms with Crippen molar-refractivity contribution in [2.75, 3.05) is 34.2 Å². The summed E-state index contributed by atoms with van der Waals surface area (Å²) in [5.74, 6) is -1.28. The van der Waals surface area contributed by atoms with E-state index in [4.69, 9.17) is 5.11 Å². The van der Waals surface area contributed by atoms with Gasteiger partial charge < -0.3 is 14.9 Å². The van der Waals surface area contributed by atoms with Gasteiger partial charge in [0.2, 0.25) is 0 Å². The number of amides is 1. The maximum Gasteiger partial charge on any atom is 0.325 e. The molecular weight excluding hydrogens is 250 g/mol. The molecule has 1 N–H and O–H groups in total. The van der Waals surface area contributed by atoms with Gasteiger partial charge in [-0.15, -0.1) is 5.10 Å². The van der Waals surface area contributed by atoms with E-state index in [1.807, 2.05) is 19.0 Å². The van der Waals surface area contributed by atoms with Crippen molar-refractivity contribution in [1.29, 1.82) is 0 Å². The van der Waals surface area contributed by atoms with Crippen molar-refractivity contribution in [2.45, 2.75) is 13.0 Å². The van der Waals surface area contributed by atoms with Crippen molar-refractivity contribution in [2.24, 2.45) is 0 Å². The molecule has 1 aromatic rings. The SMILES string of the molecule is CN(C)CCCN(C)C(=O)c1cn(CC(=O)O)nn1. The van der Waals surface area contributed by atoms with Crippen molar-refractivity contribution >= 4 is 11.9 Å². The second kappa shape index (κ2) is 6.83. The molecule has 0 saturated heterocycles. The minimum Gasteiger partial charge on any atom is -0.480 e. The molecule has 0 aliphatic rings. The predicted molar refractivity (Wildman–Crippen MR) is 67.8 cm³/mol. The van der Waals surface area contributed by atoms with E-state index >= 15 is 0 Å². The Morgan fingerprint density at radius 3 is 2.58 bits per heavy atom. The van der Waals surface area contributed by atoms with Crippen LogP contribution in [0.4, 0.5) is 0 Å². The van der Waals surface area contributed by atoms with E-state index in [1.54, 1.807) is 11.9 Å². The molecule has 1 amide bonds. The Kier molecular flexibility index (Phi) is 5.43. The fourth-order valence-electron chi connectivity index (χ4n) is 1.53. The van der Waals surface area contributed by atoms with Crippen LogP contribution in [0.15, 0.2) is 6.20 Å². The van der Waals surface area contributed by atoms with Crippen molar-refractivity contribution < 1.29 is 14.7 Å². The van der Waals surface area contributed by atoms with Gasteiger partial charge in [0.25, 0.3) is 5.91 Å². The van der Waals surface area contributed by atoms with E-state index in [2.05, 4.69) is 10.3 Å². The van der Waals surface area contributed by atoms with Gasteiger partial charge in [0.1, 0.15) is 6.54 Å². The first-order chi connectivity index (χ1) is 8.90. The molecule has 1 aromatic heterocycles. The van der Waals surface area contributed by atoms with Crippen LogP contribution in [-0.4, -0.2) is 76.0 Å². The number of hydrogen-bond donors (Lipinski definition) is 1. The van der Waals surface area contributed by atoms with E-state index in [0.717, 1.165) is 17.6 Å². The van der Waals surface area contributed by atoms with Gasteiger partial charge in [-0.25, -0.2) is 4.68 Å². The molecule has 0 aliphatic heterocycles. The van der Waals surface area contributed by atoms with E-state index < -0.39 is 5.97 Å². The predicted octanol–water partition coefficient (Wildman–Crippen LogP) is -0.614. The number of aliphatic carboxylic acids is 1. The molecule has 19 heavy (non-hydrogen) atoms. The minimum absolute atomic E-state index is 0.161. The third-order valence-corrected chi connectivity index (χ3v) is 2.50. The van der Waals surface area contributed by atoms with Gasteiger partial charge >= 0.3 is 5.97 Å². The molecule has 0 aliphatic carbocycles. The summed E-state index contributed by atoms with van der Waals surface area (Å²) in [6, 6.07) is 0. The summed E-state index contributed by atoms with van der Waals surface area (Å²) in [6.45, 7) is 1.21. The van der Waals surface area contributed by atoms with Gasteiger partial charge in [-0.2, -0.15) is 0 Å². The van der Waals surface area contributed by atoms with Gasteiger partial charge in [-0.05, 0) is 27.1 Å². The van der Waals surface area contributed by atoms with Crippen molar-refractivity contribution in [3.63, 3.8) is 0 Å². The summed E-state index contributed by atoms with van der Waals surface area (Å²) in [7, 11) is 5.63.